The fourth-order valence-electron chi connectivity index (χ4n) is 4.40. The summed E-state index contributed by atoms with van der Waals surface area (Å²) < 4.78 is 0. The largest absolute Gasteiger partial charge is 0.274 e. The van der Waals surface area contributed by atoms with Crippen molar-refractivity contribution in [1.29, 1.82) is 0 Å². The molecule has 1 spiro atoms. The summed E-state index contributed by atoms with van der Waals surface area (Å²) in [6.07, 6.45) is 0.677. The van der Waals surface area contributed by atoms with Crippen molar-refractivity contribution in [2.45, 2.75) is 35.3 Å². The molecule has 2 amide bonds. The first-order chi connectivity index (χ1) is 16.0. The molecule has 0 radical (unpaired) electrons. The van der Waals surface area contributed by atoms with Gasteiger partial charge < -0.3 is 0 Å². The van der Waals surface area contributed by atoms with Crippen LogP contribution in [0.5, 0.6) is 0 Å². The van der Waals surface area contributed by atoms with Crippen LogP contribution < -0.4 is 4.90 Å². The lowest BCUT2D eigenvalue weighted by Gasteiger charge is -2.42. The molecular weight excluding hydrogens is 450 g/mol. The van der Waals surface area contributed by atoms with Crippen molar-refractivity contribution in [2.24, 2.45) is 5.10 Å². The third-order valence-electron chi connectivity index (χ3n) is 5.82. The van der Waals surface area contributed by atoms with Crippen molar-refractivity contribution in [3.63, 3.8) is 0 Å². The van der Waals surface area contributed by atoms with E-state index >= 15 is 0 Å². The van der Waals surface area contributed by atoms with Gasteiger partial charge in [0.2, 0.25) is 11.8 Å². The minimum Gasteiger partial charge on any atom is -0.274 e. The Labute approximate surface area is 201 Å². The number of hydrogen-bond donors (Lipinski definition) is 0. The molecule has 2 aliphatic rings. The molecule has 5 rings (SSSR count). The predicted octanol–water partition coefficient (Wildman–Crippen LogP) is 6.00. The lowest BCUT2D eigenvalue weighted by atomic mass is 9.96. The summed E-state index contributed by atoms with van der Waals surface area (Å²) in [6, 6.07) is 28.0. The summed E-state index contributed by atoms with van der Waals surface area (Å²) in [5.41, 5.74) is 2.99. The Morgan fingerprint density at radius 2 is 1.58 bits per heavy atom. The Morgan fingerprint density at radius 3 is 2.24 bits per heavy atom. The Morgan fingerprint density at radius 1 is 0.939 bits per heavy atom. The van der Waals surface area contributed by atoms with Crippen LogP contribution in [-0.2, 0) is 14.5 Å². The van der Waals surface area contributed by atoms with E-state index in [2.05, 4.69) is 24.3 Å². The first kappa shape index (κ1) is 21.8. The highest BCUT2D eigenvalue weighted by atomic mass is 32.2. The van der Waals surface area contributed by atoms with Crippen molar-refractivity contribution in [3.05, 3.63) is 96.1 Å². The SMILES string of the molecule is CC(=O)N(C1=NN(C(C)=O)C2(CC(c3ccccc3)Sc3ccccc32)S1)c1ccccc1. The van der Waals surface area contributed by atoms with Crippen LogP contribution >= 0.6 is 23.5 Å². The monoisotopic (exact) mass is 473 g/mol. The van der Waals surface area contributed by atoms with Crippen LogP contribution in [0.3, 0.4) is 0 Å². The third-order valence-corrected chi connectivity index (χ3v) is 8.49. The molecule has 5 nitrogen and oxygen atoms in total. The normalized spacial score (nSPS) is 21.5. The van der Waals surface area contributed by atoms with Crippen LogP contribution in [0.25, 0.3) is 0 Å². The number of hydrogen-bond acceptors (Lipinski definition) is 5. The van der Waals surface area contributed by atoms with E-state index in [4.69, 9.17) is 5.10 Å². The van der Waals surface area contributed by atoms with Gasteiger partial charge in [-0.15, -0.1) is 16.9 Å². The molecule has 2 unspecified atom stereocenters. The van der Waals surface area contributed by atoms with Crippen molar-refractivity contribution in [2.75, 3.05) is 4.90 Å². The molecule has 2 atom stereocenters. The summed E-state index contributed by atoms with van der Waals surface area (Å²) in [6.45, 7) is 3.06. The lowest BCUT2D eigenvalue weighted by molar-refractivity contribution is -0.132. The number of para-hydroxylation sites is 1. The number of rotatable bonds is 2. The van der Waals surface area contributed by atoms with Gasteiger partial charge in [-0.2, -0.15) is 0 Å². The van der Waals surface area contributed by atoms with Crippen LogP contribution in [-0.4, -0.2) is 22.0 Å². The van der Waals surface area contributed by atoms with Gasteiger partial charge in [0.1, 0.15) is 4.87 Å². The average molecular weight is 474 g/mol. The number of benzene rings is 3. The van der Waals surface area contributed by atoms with E-state index in [0.717, 1.165) is 16.1 Å². The summed E-state index contributed by atoms with van der Waals surface area (Å²) in [5.74, 6) is -0.298. The van der Waals surface area contributed by atoms with Crippen LogP contribution in [0.15, 0.2) is 94.9 Å². The highest BCUT2D eigenvalue weighted by molar-refractivity contribution is 8.15. The summed E-state index contributed by atoms with van der Waals surface area (Å²) in [5, 5.41) is 6.99. The van der Waals surface area contributed by atoms with E-state index in [1.54, 1.807) is 9.91 Å². The second kappa shape index (κ2) is 8.72. The topological polar surface area (TPSA) is 53.0 Å². The zero-order valence-electron chi connectivity index (χ0n) is 18.3. The molecule has 3 aromatic rings. The maximum Gasteiger partial charge on any atom is 0.241 e. The minimum absolute atomic E-state index is 0.146. The highest BCUT2D eigenvalue weighted by Crippen LogP contribution is 2.60. The van der Waals surface area contributed by atoms with Gasteiger partial charge in [-0.1, -0.05) is 78.5 Å². The Kier molecular flexibility index (Phi) is 5.76. The van der Waals surface area contributed by atoms with Gasteiger partial charge in [0.15, 0.2) is 5.17 Å². The number of carbonyl (C=O) groups is 2. The molecule has 0 fully saturated rings. The molecule has 33 heavy (non-hydrogen) atoms. The fraction of sp³-hybridized carbons (Fsp3) is 0.192. The Bertz CT molecular complexity index is 1230. The van der Waals surface area contributed by atoms with E-state index in [9.17, 15) is 9.59 Å². The third kappa shape index (κ3) is 3.85. The number of fused-ring (bicyclic) bond motifs is 2. The van der Waals surface area contributed by atoms with Crippen molar-refractivity contribution >= 4 is 46.2 Å². The first-order valence-electron chi connectivity index (χ1n) is 10.7. The number of carbonyl (C=O) groups excluding carboxylic acids is 2. The van der Waals surface area contributed by atoms with Gasteiger partial charge in [-0.25, -0.2) is 5.01 Å². The van der Waals surface area contributed by atoms with Crippen LogP contribution in [0, 0.1) is 0 Å². The number of anilines is 1. The van der Waals surface area contributed by atoms with E-state index in [1.165, 1.54) is 31.2 Å². The van der Waals surface area contributed by atoms with Gasteiger partial charge in [0, 0.05) is 36.0 Å². The lowest BCUT2D eigenvalue weighted by Crippen LogP contribution is -2.43. The summed E-state index contributed by atoms with van der Waals surface area (Å²) in [4.78, 5) is 27.7. The fourth-order valence-corrected chi connectivity index (χ4v) is 7.56. The summed E-state index contributed by atoms with van der Waals surface area (Å²) in [7, 11) is 0. The molecule has 0 saturated carbocycles. The second-order valence-electron chi connectivity index (χ2n) is 8.01. The van der Waals surface area contributed by atoms with Gasteiger partial charge in [-0.3, -0.25) is 14.5 Å². The van der Waals surface area contributed by atoms with Crippen LogP contribution in [0.1, 0.15) is 36.6 Å². The van der Waals surface area contributed by atoms with E-state index in [1.807, 2.05) is 72.4 Å². The Hall–Kier alpha value is -3.03. The molecule has 0 aromatic heterocycles. The summed E-state index contributed by atoms with van der Waals surface area (Å²) >= 11 is 3.30. The molecule has 0 bridgehead atoms. The number of amides is 2. The highest BCUT2D eigenvalue weighted by Gasteiger charge is 2.53. The van der Waals surface area contributed by atoms with Crippen molar-refractivity contribution < 1.29 is 9.59 Å². The molecule has 0 saturated heterocycles. The maximum absolute atomic E-state index is 12.9. The molecule has 0 aliphatic carbocycles. The zero-order valence-corrected chi connectivity index (χ0v) is 20.0. The van der Waals surface area contributed by atoms with Gasteiger partial charge in [-0.05, 0) is 23.8 Å². The number of hydrazone groups is 1. The molecule has 166 valence electrons. The quantitative estimate of drug-likeness (QED) is 0.458. The van der Waals surface area contributed by atoms with Crippen molar-refractivity contribution in [3.8, 4) is 0 Å². The standard InChI is InChI=1S/C26H23N3O2S2/c1-18(30)28(21-13-7-4-8-14-21)25-27-29(19(2)31)26(33-25)17-24(20-11-5-3-6-12-20)32-23-16-10-9-15-22(23)26/h3-16,24H,17H2,1-2H3. The van der Waals surface area contributed by atoms with Gasteiger partial charge >= 0.3 is 0 Å². The van der Waals surface area contributed by atoms with Crippen LogP contribution in [0.2, 0.25) is 0 Å². The van der Waals surface area contributed by atoms with E-state index < -0.39 is 4.87 Å². The number of thioether (sulfide) groups is 2. The molecule has 7 heteroatoms. The second-order valence-corrected chi connectivity index (χ2v) is 10.5. The van der Waals surface area contributed by atoms with E-state index in [0.29, 0.717) is 11.6 Å². The molecule has 3 aromatic carbocycles. The predicted molar refractivity (Wildman–Crippen MR) is 135 cm³/mol. The first-order valence-corrected chi connectivity index (χ1v) is 12.4. The molecular formula is C26H23N3O2S2. The number of amidine groups is 1. The van der Waals surface area contributed by atoms with Gasteiger partial charge in [0.25, 0.3) is 0 Å². The molecule has 2 heterocycles. The van der Waals surface area contributed by atoms with Crippen LogP contribution in [0.4, 0.5) is 5.69 Å². The molecule has 0 N–H and O–H groups in total. The zero-order chi connectivity index (χ0) is 23.0. The van der Waals surface area contributed by atoms with E-state index in [-0.39, 0.29) is 17.1 Å². The number of nitrogens with zero attached hydrogens (tertiary/aromatic N) is 3. The average Bonchev–Trinajstić information content (AvgIpc) is 3.19. The maximum atomic E-state index is 12.9. The minimum atomic E-state index is -0.730. The smallest absolute Gasteiger partial charge is 0.241 e. The Balaban J connectivity index is 1.63. The van der Waals surface area contributed by atoms with Gasteiger partial charge in [0.05, 0.1) is 5.69 Å². The van der Waals surface area contributed by atoms with Crippen molar-refractivity contribution in [1.82, 2.24) is 5.01 Å². The molecule has 2 aliphatic heterocycles.